The molecule has 0 aliphatic heterocycles. The minimum atomic E-state index is 0.441. The summed E-state index contributed by atoms with van der Waals surface area (Å²) in [4.78, 5) is 5.35. The van der Waals surface area contributed by atoms with Crippen molar-refractivity contribution in [2.24, 2.45) is 10.9 Å². The van der Waals surface area contributed by atoms with Gasteiger partial charge in [-0.2, -0.15) is 0 Å². The highest BCUT2D eigenvalue weighted by Gasteiger charge is 2.02. The second-order valence-corrected chi connectivity index (χ2v) is 4.43. The summed E-state index contributed by atoms with van der Waals surface area (Å²) < 4.78 is 0. The lowest BCUT2D eigenvalue weighted by atomic mass is 10.1. The highest BCUT2D eigenvalue weighted by molar-refractivity contribution is 7.10. The molecule has 1 nitrogen and oxygen atoms in total. The van der Waals surface area contributed by atoms with E-state index in [0.717, 1.165) is 5.70 Å². The Bertz CT molecular complexity index is 321. The molecule has 0 saturated carbocycles. The molecule has 1 rings (SSSR count). The zero-order chi connectivity index (χ0) is 9.84. The van der Waals surface area contributed by atoms with E-state index in [-0.39, 0.29) is 0 Å². The Kier molecular flexibility index (Phi) is 3.43. The predicted molar refractivity (Wildman–Crippen MR) is 61.4 cm³/mol. The van der Waals surface area contributed by atoms with Crippen LogP contribution in [0.2, 0.25) is 0 Å². The van der Waals surface area contributed by atoms with E-state index in [1.54, 1.807) is 11.3 Å². The molecule has 1 heterocycles. The van der Waals surface area contributed by atoms with Crippen LogP contribution in [0.5, 0.6) is 0 Å². The van der Waals surface area contributed by atoms with Gasteiger partial charge in [0, 0.05) is 10.6 Å². The van der Waals surface area contributed by atoms with Crippen molar-refractivity contribution in [2.45, 2.75) is 20.8 Å². The molecular formula is C11H15NS. The van der Waals surface area contributed by atoms with Gasteiger partial charge in [0.2, 0.25) is 0 Å². The number of aryl methyl sites for hydroxylation is 1. The summed E-state index contributed by atoms with van der Waals surface area (Å²) in [7, 11) is 0. The van der Waals surface area contributed by atoms with Gasteiger partial charge in [0.1, 0.15) is 0 Å². The van der Waals surface area contributed by atoms with Gasteiger partial charge in [0.05, 0.1) is 0 Å². The third-order valence-corrected chi connectivity index (χ3v) is 2.84. The molecule has 0 aromatic carbocycles. The summed E-state index contributed by atoms with van der Waals surface area (Å²) in [5.74, 6) is 0.441. The molecule has 0 aliphatic carbocycles. The molecule has 0 spiro atoms. The van der Waals surface area contributed by atoms with Crippen LogP contribution in [-0.2, 0) is 0 Å². The van der Waals surface area contributed by atoms with Crippen molar-refractivity contribution in [1.29, 1.82) is 0 Å². The van der Waals surface area contributed by atoms with Gasteiger partial charge in [0.25, 0.3) is 0 Å². The highest BCUT2D eigenvalue weighted by Crippen LogP contribution is 2.21. The van der Waals surface area contributed by atoms with Crippen LogP contribution in [0.1, 0.15) is 24.3 Å². The average molecular weight is 193 g/mol. The van der Waals surface area contributed by atoms with E-state index >= 15 is 0 Å². The number of rotatable bonds is 3. The Morgan fingerprint density at radius 1 is 1.62 bits per heavy atom. The second kappa shape index (κ2) is 4.38. The van der Waals surface area contributed by atoms with Gasteiger partial charge in [0.15, 0.2) is 0 Å². The average Bonchev–Trinajstić information content (AvgIpc) is 2.46. The van der Waals surface area contributed by atoms with E-state index in [1.807, 2.05) is 0 Å². The van der Waals surface area contributed by atoms with Crippen molar-refractivity contribution in [3.8, 4) is 0 Å². The second-order valence-electron chi connectivity index (χ2n) is 3.31. The van der Waals surface area contributed by atoms with Gasteiger partial charge in [-0.25, -0.2) is 0 Å². The first-order valence-corrected chi connectivity index (χ1v) is 5.25. The Hall–Kier alpha value is -0.890. The van der Waals surface area contributed by atoms with E-state index in [0.29, 0.717) is 5.92 Å². The number of thiophene rings is 1. The van der Waals surface area contributed by atoms with Crippen molar-refractivity contribution in [3.63, 3.8) is 0 Å². The first kappa shape index (κ1) is 10.2. The van der Waals surface area contributed by atoms with E-state index in [9.17, 15) is 0 Å². The number of hydrogen-bond donors (Lipinski definition) is 0. The Morgan fingerprint density at radius 3 is 2.69 bits per heavy atom. The largest absolute Gasteiger partial charge is 0.269 e. The quantitative estimate of drug-likeness (QED) is 0.648. The Balaban J connectivity index is 2.98. The monoisotopic (exact) mass is 193 g/mol. The first-order valence-electron chi connectivity index (χ1n) is 4.37. The third-order valence-electron chi connectivity index (χ3n) is 1.98. The molecule has 0 unspecified atom stereocenters. The van der Waals surface area contributed by atoms with Gasteiger partial charge in [-0.3, -0.25) is 4.99 Å². The molecule has 1 aromatic rings. The summed E-state index contributed by atoms with van der Waals surface area (Å²) in [6, 6.07) is 2.12. The van der Waals surface area contributed by atoms with Crippen LogP contribution in [0.25, 0.3) is 6.08 Å². The molecule has 0 fully saturated rings. The number of nitrogens with zero attached hydrogens (tertiary/aromatic N) is 1. The van der Waals surface area contributed by atoms with Crippen LogP contribution in [0.4, 0.5) is 0 Å². The fraction of sp³-hybridized carbons (Fsp3) is 0.364. The van der Waals surface area contributed by atoms with E-state index in [4.69, 9.17) is 0 Å². The van der Waals surface area contributed by atoms with Crippen LogP contribution in [0, 0.1) is 12.8 Å². The van der Waals surface area contributed by atoms with Gasteiger partial charge >= 0.3 is 0 Å². The summed E-state index contributed by atoms with van der Waals surface area (Å²) in [5.41, 5.74) is 2.32. The maximum atomic E-state index is 4.02. The van der Waals surface area contributed by atoms with Crippen molar-refractivity contribution in [2.75, 3.05) is 0 Å². The van der Waals surface area contributed by atoms with Crippen LogP contribution < -0.4 is 0 Å². The molecule has 0 aliphatic rings. The molecular weight excluding hydrogens is 178 g/mol. The zero-order valence-electron chi connectivity index (χ0n) is 8.37. The molecule has 0 bridgehead atoms. The lowest BCUT2D eigenvalue weighted by Gasteiger charge is -2.04. The van der Waals surface area contributed by atoms with Crippen molar-refractivity contribution < 1.29 is 0 Å². The SMILES string of the molecule is C=N/C(=C\c1ccsc1C)C(C)C. The lowest BCUT2D eigenvalue weighted by Crippen LogP contribution is -1.89. The molecule has 0 amide bonds. The molecule has 0 saturated heterocycles. The fourth-order valence-electron chi connectivity index (χ4n) is 1.10. The maximum Gasteiger partial charge on any atom is 0.0428 e. The minimum Gasteiger partial charge on any atom is -0.269 e. The van der Waals surface area contributed by atoms with Crippen LogP contribution in [0.3, 0.4) is 0 Å². The minimum absolute atomic E-state index is 0.441. The third kappa shape index (κ3) is 2.52. The Morgan fingerprint density at radius 2 is 2.31 bits per heavy atom. The van der Waals surface area contributed by atoms with Crippen LogP contribution in [-0.4, -0.2) is 6.72 Å². The number of hydrogen-bond acceptors (Lipinski definition) is 2. The van der Waals surface area contributed by atoms with Crippen molar-refractivity contribution >= 4 is 24.1 Å². The Labute approximate surface area is 83.8 Å². The topological polar surface area (TPSA) is 12.4 Å². The standard InChI is InChI=1S/C11H15NS/c1-8(2)11(12-4)7-10-5-6-13-9(10)3/h5-8H,4H2,1-3H3/b11-7-. The summed E-state index contributed by atoms with van der Waals surface area (Å²) >= 11 is 1.76. The first-order chi connectivity index (χ1) is 6.15. The lowest BCUT2D eigenvalue weighted by molar-refractivity contribution is 0.767. The molecule has 13 heavy (non-hydrogen) atoms. The summed E-state index contributed by atoms with van der Waals surface area (Å²) in [6.45, 7) is 9.95. The molecule has 0 radical (unpaired) electrons. The molecule has 1 aromatic heterocycles. The highest BCUT2D eigenvalue weighted by atomic mass is 32.1. The number of aliphatic imine (C=N–C) groups is 1. The van der Waals surface area contributed by atoms with E-state index < -0.39 is 0 Å². The zero-order valence-corrected chi connectivity index (χ0v) is 9.19. The van der Waals surface area contributed by atoms with E-state index in [2.05, 4.69) is 50.0 Å². The molecule has 0 N–H and O–H groups in total. The van der Waals surface area contributed by atoms with Gasteiger partial charge < -0.3 is 0 Å². The van der Waals surface area contributed by atoms with Crippen LogP contribution >= 0.6 is 11.3 Å². The predicted octanol–water partition coefficient (Wildman–Crippen LogP) is 3.75. The van der Waals surface area contributed by atoms with Crippen molar-refractivity contribution in [3.05, 3.63) is 27.6 Å². The normalized spacial score (nSPS) is 12.2. The smallest absolute Gasteiger partial charge is 0.0428 e. The molecule has 70 valence electrons. The number of allylic oxidation sites excluding steroid dienone is 1. The van der Waals surface area contributed by atoms with Gasteiger partial charge in [-0.15, -0.1) is 11.3 Å². The maximum absolute atomic E-state index is 4.02. The van der Waals surface area contributed by atoms with Crippen molar-refractivity contribution in [1.82, 2.24) is 0 Å². The van der Waals surface area contributed by atoms with Crippen LogP contribution in [0.15, 0.2) is 22.1 Å². The summed E-state index contributed by atoms with van der Waals surface area (Å²) in [5, 5.41) is 2.10. The van der Waals surface area contributed by atoms with Gasteiger partial charge in [-0.1, -0.05) is 13.8 Å². The summed E-state index contributed by atoms with van der Waals surface area (Å²) in [6.07, 6.45) is 2.11. The fourth-order valence-corrected chi connectivity index (χ4v) is 1.78. The van der Waals surface area contributed by atoms with Gasteiger partial charge in [-0.05, 0) is 42.6 Å². The molecule has 2 heteroatoms. The van der Waals surface area contributed by atoms with E-state index in [1.165, 1.54) is 10.4 Å². The molecule has 0 atom stereocenters.